The van der Waals surface area contributed by atoms with Gasteiger partial charge in [-0.25, -0.2) is 0 Å². The molecule has 0 amide bonds. The third-order valence-corrected chi connectivity index (χ3v) is 0. The standard InChI is InChI=1S/Ba.Ca.Cu.Hg.O.Sr.6H. The zero-order valence-corrected chi connectivity index (χ0v) is 7.86. The molecule has 0 fully saturated rings. The SMILES string of the molecule is [BaH2].[CaH2].[Hg].[O]=[Cu].[SrH2]. The predicted octanol–water partition coefficient (Wildman–Crippen LogP) is -2.87. The van der Waals surface area contributed by atoms with Gasteiger partial charge in [-0.05, 0) is 0 Å². The monoisotopic (exact) mass is 553 g/mol. The average Bonchev–Trinajstić information content (AvgIpc) is 1.00. The molecule has 6 heteroatoms. The van der Waals surface area contributed by atoms with Gasteiger partial charge in [0, 0.05) is 27.7 Å². The second kappa shape index (κ2) is 31.2. The van der Waals surface area contributed by atoms with Crippen LogP contribution in [0, 0.1) is 0 Å². The Morgan fingerprint density at radius 1 is 1.17 bits per heavy atom. The molecule has 0 bridgehead atoms. The van der Waals surface area contributed by atoms with E-state index in [4.69, 9.17) is 3.83 Å². The molecule has 0 aliphatic rings. The van der Waals surface area contributed by atoms with Gasteiger partial charge in [-0.3, -0.25) is 0 Å². The summed E-state index contributed by atoms with van der Waals surface area (Å²) in [6.45, 7) is 0. The van der Waals surface area contributed by atoms with E-state index in [1.807, 2.05) is 0 Å². The Hall–Kier alpha value is 5.57. The molecule has 0 radical (unpaired) electrons. The van der Waals surface area contributed by atoms with Crippen LogP contribution in [0.15, 0.2) is 0 Å². The Bertz CT molecular complexity index is 15.5. The first-order valence-corrected chi connectivity index (χ1v) is 0.508. The first-order chi connectivity index (χ1) is 1.00. The Labute approximate surface area is 173 Å². The molecular weight excluding hydrogens is 545 g/mol. The fraction of sp³-hybridized carbons (Fsp3) is 0. The first-order valence-electron chi connectivity index (χ1n) is 0.123. The van der Waals surface area contributed by atoms with Gasteiger partial charge >= 0.3 is 152 Å². The molecule has 1 nitrogen and oxygen atoms in total. The fourth-order valence-electron chi connectivity index (χ4n) is 0. The third-order valence-electron chi connectivity index (χ3n) is 0. The van der Waals surface area contributed by atoms with E-state index in [0.29, 0.717) is 0 Å². The summed E-state index contributed by atoms with van der Waals surface area (Å²) in [6.07, 6.45) is 0. The molecule has 0 rings (SSSR count). The molecule has 0 aliphatic heterocycles. The van der Waals surface area contributed by atoms with Crippen LogP contribution in [-0.4, -0.2) is 132 Å². The first kappa shape index (κ1) is 30.0. The van der Waals surface area contributed by atoms with E-state index in [1.54, 1.807) is 0 Å². The van der Waals surface area contributed by atoms with Gasteiger partial charge in [0.1, 0.15) is 0 Å². The summed E-state index contributed by atoms with van der Waals surface area (Å²) < 4.78 is 7.81. The van der Waals surface area contributed by atoms with Crippen molar-refractivity contribution in [2.24, 2.45) is 0 Å². The Morgan fingerprint density at radius 2 is 1.17 bits per heavy atom. The summed E-state index contributed by atoms with van der Waals surface area (Å²) in [5, 5.41) is 0. The molecule has 0 aromatic rings. The number of hydrogen-bond acceptors (Lipinski definition) is 1. The molecule has 0 heterocycles. The van der Waals surface area contributed by atoms with E-state index in [9.17, 15) is 0 Å². The van der Waals surface area contributed by atoms with Crippen molar-refractivity contribution in [3.05, 3.63) is 0 Å². The van der Waals surface area contributed by atoms with Gasteiger partial charge in [0.25, 0.3) is 0 Å². The van der Waals surface area contributed by atoms with Gasteiger partial charge in [-0.15, -0.1) is 0 Å². The summed E-state index contributed by atoms with van der Waals surface area (Å²) in [7, 11) is 0. The van der Waals surface area contributed by atoms with E-state index in [0.717, 1.165) is 0 Å². The molecule has 0 atom stereocenters. The van der Waals surface area contributed by atoms with Crippen LogP contribution in [0.4, 0.5) is 0 Å². The molecule has 0 aromatic carbocycles. The van der Waals surface area contributed by atoms with Crippen molar-refractivity contribution in [1.82, 2.24) is 0 Å². The van der Waals surface area contributed by atoms with Crippen LogP contribution in [0.25, 0.3) is 0 Å². The van der Waals surface area contributed by atoms with Crippen molar-refractivity contribution in [3.8, 4) is 0 Å². The molecule has 0 aliphatic carbocycles. The molecule has 0 saturated heterocycles. The minimum atomic E-state index is 0. The van der Waals surface area contributed by atoms with Gasteiger partial charge in [0.2, 0.25) is 0 Å². The van der Waals surface area contributed by atoms with Crippen molar-refractivity contribution < 1.29 is 47.4 Å². The van der Waals surface area contributed by atoms with Gasteiger partial charge in [0.05, 0.1) is 0 Å². The average molecular weight is 551 g/mol. The van der Waals surface area contributed by atoms with E-state index in [1.165, 1.54) is 0 Å². The van der Waals surface area contributed by atoms with Crippen molar-refractivity contribution >= 4 is 132 Å². The predicted molar refractivity (Wildman–Crippen MR) is 26.3 cm³/mol. The van der Waals surface area contributed by atoms with Crippen molar-refractivity contribution in [1.29, 1.82) is 0 Å². The third kappa shape index (κ3) is 22.7. The summed E-state index contributed by atoms with van der Waals surface area (Å²) in [4.78, 5) is 0. The zero-order chi connectivity index (χ0) is 2.00. The van der Waals surface area contributed by atoms with Gasteiger partial charge < -0.3 is 0 Å². The minimum absolute atomic E-state index is 0. The van der Waals surface area contributed by atoms with Crippen molar-refractivity contribution in [2.75, 3.05) is 0 Å². The molecule has 0 spiro atoms. The summed E-state index contributed by atoms with van der Waals surface area (Å²) >= 11 is 2.94. The van der Waals surface area contributed by atoms with E-state index >= 15 is 0 Å². The zero-order valence-electron chi connectivity index (χ0n) is 1.42. The quantitative estimate of drug-likeness (QED) is 0.296. The van der Waals surface area contributed by atoms with E-state index in [-0.39, 0.29) is 160 Å². The van der Waals surface area contributed by atoms with Crippen LogP contribution < -0.4 is 0 Å². The van der Waals surface area contributed by atoms with Crippen LogP contribution in [0.2, 0.25) is 0 Å². The Balaban J connectivity index is -0.000000000833. The van der Waals surface area contributed by atoms with Gasteiger partial charge in [0.15, 0.2) is 0 Å². The maximum atomic E-state index is 7.81. The van der Waals surface area contributed by atoms with Crippen LogP contribution in [-0.2, 0) is 47.4 Å². The van der Waals surface area contributed by atoms with E-state index < -0.39 is 0 Å². The fourth-order valence-corrected chi connectivity index (χ4v) is 0. The van der Waals surface area contributed by atoms with Crippen LogP contribution >= 0.6 is 0 Å². The maximum absolute atomic E-state index is 7.81. The topological polar surface area (TPSA) is 17.1 Å². The van der Waals surface area contributed by atoms with Crippen molar-refractivity contribution in [3.63, 3.8) is 0 Å². The van der Waals surface area contributed by atoms with Gasteiger partial charge in [-0.2, -0.15) is 0 Å². The van der Waals surface area contributed by atoms with E-state index in [2.05, 4.69) is 15.9 Å². The molecular formula is H6BaCaCuHgOSr. The summed E-state index contributed by atoms with van der Waals surface area (Å²) in [5.74, 6) is 0. The molecule has 0 N–H and O–H groups in total. The van der Waals surface area contributed by atoms with Crippen LogP contribution in [0.5, 0.6) is 0 Å². The van der Waals surface area contributed by atoms with Crippen LogP contribution in [0.1, 0.15) is 0 Å². The normalized spacial score (nSPS) is 1.00. The van der Waals surface area contributed by atoms with Crippen molar-refractivity contribution in [2.45, 2.75) is 0 Å². The number of rotatable bonds is 0. The summed E-state index contributed by atoms with van der Waals surface area (Å²) in [6, 6.07) is 0. The van der Waals surface area contributed by atoms with Crippen LogP contribution in [0.3, 0.4) is 0 Å². The molecule has 6 heavy (non-hydrogen) atoms. The number of hydrogen-bond donors (Lipinski definition) is 0. The molecule has 0 unspecified atom stereocenters. The van der Waals surface area contributed by atoms with Gasteiger partial charge in [-0.1, -0.05) is 0 Å². The molecule has 0 aromatic heterocycles. The Kier molecular flexibility index (Phi) is 156. The second-order valence-corrected chi connectivity index (χ2v) is 0. The Morgan fingerprint density at radius 3 is 1.17 bits per heavy atom. The second-order valence-electron chi connectivity index (χ2n) is 0. The molecule has 31 valence electrons. The molecule has 0 saturated carbocycles. The summed E-state index contributed by atoms with van der Waals surface area (Å²) in [5.41, 5.74) is 0.